The molecule has 1 aliphatic rings. The zero-order valence-electron chi connectivity index (χ0n) is 15.2. The number of halogens is 2. The second-order valence-electron chi connectivity index (χ2n) is 6.37. The number of carbonyl (C=O) groups excluding carboxylic acids is 1. The van der Waals surface area contributed by atoms with Gasteiger partial charge in [-0.05, 0) is 49.2 Å². The summed E-state index contributed by atoms with van der Waals surface area (Å²) in [6.45, 7) is 0.433. The maximum absolute atomic E-state index is 13.9. The number of hydrogen-bond donors (Lipinski definition) is 0. The van der Waals surface area contributed by atoms with Crippen molar-refractivity contribution in [3.63, 3.8) is 0 Å². The molecule has 1 aliphatic carbocycles. The van der Waals surface area contributed by atoms with E-state index in [-0.39, 0.29) is 17.8 Å². The molecular formula is C21H21BrFNO3. The van der Waals surface area contributed by atoms with Crippen molar-refractivity contribution >= 4 is 27.9 Å². The summed E-state index contributed by atoms with van der Waals surface area (Å²) >= 11 is 3.32. The van der Waals surface area contributed by atoms with Crippen LogP contribution in [0, 0.1) is 5.82 Å². The smallest absolute Gasteiger partial charge is 0.247 e. The fourth-order valence-corrected chi connectivity index (χ4v) is 3.22. The molecule has 27 heavy (non-hydrogen) atoms. The fourth-order valence-electron chi connectivity index (χ4n) is 2.84. The van der Waals surface area contributed by atoms with Gasteiger partial charge in [-0.15, -0.1) is 0 Å². The van der Waals surface area contributed by atoms with Crippen LogP contribution in [0.2, 0.25) is 0 Å². The minimum Gasteiger partial charge on any atom is -0.497 e. The molecule has 0 N–H and O–H groups in total. The Hall–Kier alpha value is -2.34. The van der Waals surface area contributed by atoms with Crippen LogP contribution >= 0.6 is 15.9 Å². The van der Waals surface area contributed by atoms with Crippen molar-refractivity contribution < 1.29 is 18.7 Å². The molecule has 3 rings (SSSR count). The Labute approximate surface area is 166 Å². The SMILES string of the molecule is COc1ccc(CN(C(=O)C=Cc2cc(Br)ccc2F)C2CC2)c(OC)c1. The van der Waals surface area contributed by atoms with Crippen molar-refractivity contribution in [1.82, 2.24) is 4.90 Å². The topological polar surface area (TPSA) is 38.8 Å². The molecule has 1 amide bonds. The van der Waals surface area contributed by atoms with E-state index in [1.54, 1.807) is 37.3 Å². The van der Waals surface area contributed by atoms with E-state index in [9.17, 15) is 9.18 Å². The zero-order valence-corrected chi connectivity index (χ0v) is 16.8. The molecule has 0 saturated heterocycles. The molecule has 0 atom stereocenters. The van der Waals surface area contributed by atoms with E-state index in [1.807, 2.05) is 12.1 Å². The maximum Gasteiger partial charge on any atom is 0.247 e. The van der Waals surface area contributed by atoms with Crippen molar-refractivity contribution in [2.45, 2.75) is 25.4 Å². The Morgan fingerprint density at radius 3 is 2.67 bits per heavy atom. The Morgan fingerprint density at radius 1 is 1.22 bits per heavy atom. The lowest BCUT2D eigenvalue weighted by Gasteiger charge is -2.22. The predicted molar refractivity (Wildman–Crippen MR) is 106 cm³/mol. The van der Waals surface area contributed by atoms with Crippen LogP contribution in [0.4, 0.5) is 4.39 Å². The van der Waals surface area contributed by atoms with Gasteiger partial charge in [0, 0.05) is 40.3 Å². The lowest BCUT2D eigenvalue weighted by atomic mass is 10.1. The Balaban J connectivity index is 1.79. The third kappa shape index (κ3) is 4.89. The van der Waals surface area contributed by atoms with Crippen LogP contribution in [0.25, 0.3) is 6.08 Å². The van der Waals surface area contributed by atoms with E-state index < -0.39 is 0 Å². The number of ether oxygens (including phenoxy) is 2. The van der Waals surface area contributed by atoms with Crippen LogP contribution in [0.15, 0.2) is 46.9 Å². The van der Waals surface area contributed by atoms with E-state index in [4.69, 9.17) is 9.47 Å². The van der Waals surface area contributed by atoms with Crippen LogP contribution < -0.4 is 9.47 Å². The van der Waals surface area contributed by atoms with Gasteiger partial charge in [0.15, 0.2) is 0 Å². The summed E-state index contributed by atoms with van der Waals surface area (Å²) in [6, 6.07) is 10.4. The van der Waals surface area contributed by atoms with E-state index in [2.05, 4.69) is 15.9 Å². The summed E-state index contributed by atoms with van der Waals surface area (Å²) in [7, 11) is 3.19. The number of benzene rings is 2. The molecule has 1 saturated carbocycles. The normalized spacial score (nSPS) is 13.6. The Morgan fingerprint density at radius 2 is 2.00 bits per heavy atom. The van der Waals surface area contributed by atoms with Crippen LogP contribution in [0.1, 0.15) is 24.0 Å². The van der Waals surface area contributed by atoms with Gasteiger partial charge in [0.25, 0.3) is 0 Å². The van der Waals surface area contributed by atoms with E-state index in [0.29, 0.717) is 23.6 Å². The molecule has 142 valence electrons. The average Bonchev–Trinajstić information content (AvgIpc) is 3.51. The first-order valence-electron chi connectivity index (χ1n) is 8.66. The van der Waals surface area contributed by atoms with Gasteiger partial charge in [0.2, 0.25) is 5.91 Å². The number of nitrogens with zero attached hydrogens (tertiary/aromatic N) is 1. The first kappa shape index (κ1) is 19.4. The van der Waals surface area contributed by atoms with Crippen molar-refractivity contribution in [2.24, 2.45) is 0 Å². The lowest BCUT2D eigenvalue weighted by molar-refractivity contribution is -0.127. The van der Waals surface area contributed by atoms with Crippen LogP contribution in [0.5, 0.6) is 11.5 Å². The third-order valence-electron chi connectivity index (χ3n) is 4.47. The molecule has 0 heterocycles. The van der Waals surface area contributed by atoms with Crippen molar-refractivity contribution in [3.8, 4) is 11.5 Å². The fraction of sp³-hybridized carbons (Fsp3) is 0.286. The van der Waals surface area contributed by atoms with Crippen molar-refractivity contribution in [2.75, 3.05) is 14.2 Å². The number of carbonyl (C=O) groups is 1. The summed E-state index contributed by atoms with van der Waals surface area (Å²) in [5, 5.41) is 0. The monoisotopic (exact) mass is 433 g/mol. The quantitative estimate of drug-likeness (QED) is 0.588. The molecule has 2 aromatic rings. The van der Waals surface area contributed by atoms with Gasteiger partial charge in [0.05, 0.1) is 14.2 Å². The number of rotatable bonds is 7. The molecule has 0 unspecified atom stereocenters. The first-order chi connectivity index (χ1) is 13.0. The summed E-state index contributed by atoms with van der Waals surface area (Å²) in [6.07, 6.45) is 4.90. The Kier molecular flexibility index (Phi) is 6.16. The molecule has 0 radical (unpaired) electrons. The molecule has 1 fully saturated rings. The molecule has 4 nitrogen and oxygen atoms in total. The minimum absolute atomic E-state index is 0.144. The maximum atomic E-state index is 13.9. The highest BCUT2D eigenvalue weighted by atomic mass is 79.9. The zero-order chi connectivity index (χ0) is 19.4. The van der Waals surface area contributed by atoms with Gasteiger partial charge >= 0.3 is 0 Å². The number of methoxy groups -OCH3 is 2. The molecule has 0 spiro atoms. The summed E-state index contributed by atoms with van der Waals surface area (Å²) in [4.78, 5) is 14.6. The molecule has 0 aromatic heterocycles. The summed E-state index contributed by atoms with van der Waals surface area (Å²) < 4.78 is 25.3. The average molecular weight is 434 g/mol. The van der Waals surface area contributed by atoms with E-state index >= 15 is 0 Å². The molecule has 0 aliphatic heterocycles. The van der Waals surface area contributed by atoms with Gasteiger partial charge < -0.3 is 14.4 Å². The highest BCUT2D eigenvalue weighted by molar-refractivity contribution is 9.10. The third-order valence-corrected chi connectivity index (χ3v) is 4.96. The van der Waals surface area contributed by atoms with Crippen molar-refractivity contribution in [1.29, 1.82) is 0 Å². The van der Waals surface area contributed by atoms with Crippen LogP contribution in [0.3, 0.4) is 0 Å². The van der Waals surface area contributed by atoms with Crippen molar-refractivity contribution in [3.05, 3.63) is 63.9 Å². The first-order valence-corrected chi connectivity index (χ1v) is 9.45. The minimum atomic E-state index is -0.364. The van der Waals surface area contributed by atoms with E-state index in [1.165, 1.54) is 18.2 Å². The molecule has 0 bridgehead atoms. The summed E-state index contributed by atoms with van der Waals surface area (Å²) in [5.41, 5.74) is 1.27. The summed E-state index contributed by atoms with van der Waals surface area (Å²) in [5.74, 6) is 0.867. The molecular weight excluding hydrogens is 413 g/mol. The number of hydrogen-bond acceptors (Lipinski definition) is 3. The standard InChI is InChI=1S/C21H21BrFNO3/c1-26-18-8-3-15(20(12-18)27-2)13-24(17-6-7-17)21(25)10-4-14-11-16(22)5-9-19(14)23/h3-5,8-12,17H,6-7,13H2,1-2H3. The largest absolute Gasteiger partial charge is 0.497 e. The van der Waals surface area contributed by atoms with Gasteiger partial charge in [-0.1, -0.05) is 15.9 Å². The van der Waals surface area contributed by atoms with Gasteiger partial charge in [-0.25, -0.2) is 4.39 Å². The number of amides is 1. The van der Waals surface area contributed by atoms with Crippen LogP contribution in [-0.4, -0.2) is 31.1 Å². The highest BCUT2D eigenvalue weighted by Gasteiger charge is 2.32. The van der Waals surface area contributed by atoms with Gasteiger partial charge in [0.1, 0.15) is 17.3 Å². The predicted octanol–water partition coefficient (Wildman–Crippen LogP) is 4.81. The lowest BCUT2D eigenvalue weighted by Crippen LogP contribution is -2.31. The molecule has 2 aromatic carbocycles. The van der Waals surface area contributed by atoms with Gasteiger partial charge in [-0.3, -0.25) is 4.79 Å². The van der Waals surface area contributed by atoms with Crippen LogP contribution in [-0.2, 0) is 11.3 Å². The molecule has 6 heteroatoms. The second-order valence-corrected chi connectivity index (χ2v) is 7.29. The van der Waals surface area contributed by atoms with E-state index in [0.717, 1.165) is 22.9 Å². The highest BCUT2D eigenvalue weighted by Crippen LogP contribution is 2.32. The second kappa shape index (κ2) is 8.57. The van der Waals surface area contributed by atoms with Gasteiger partial charge in [-0.2, -0.15) is 0 Å². The Bertz CT molecular complexity index is 865.